The van der Waals surface area contributed by atoms with Crippen LogP contribution in [0, 0.1) is 0 Å². The number of carbonyl (C=O) groups excluding carboxylic acids is 3. The molecule has 1 aliphatic heterocycles. The molecule has 5 heterocycles. The zero-order chi connectivity index (χ0) is 26.1. The molecule has 2 amide bonds. The van der Waals surface area contributed by atoms with Crippen LogP contribution in [-0.4, -0.2) is 85.1 Å². The van der Waals surface area contributed by atoms with Crippen molar-refractivity contribution in [1.82, 2.24) is 34.7 Å². The van der Waals surface area contributed by atoms with Gasteiger partial charge in [0, 0.05) is 38.1 Å². The van der Waals surface area contributed by atoms with Crippen LogP contribution >= 0.6 is 0 Å². The van der Waals surface area contributed by atoms with Crippen molar-refractivity contribution in [2.75, 3.05) is 32.5 Å². The van der Waals surface area contributed by atoms with Gasteiger partial charge in [-0.05, 0) is 19.1 Å². The van der Waals surface area contributed by atoms with Gasteiger partial charge in [0.25, 0.3) is 17.6 Å². The Kier molecular flexibility index (Phi) is 6.22. The third-order valence-corrected chi connectivity index (χ3v) is 6.31. The predicted molar refractivity (Wildman–Crippen MR) is 134 cm³/mol. The summed E-state index contributed by atoms with van der Waals surface area (Å²) in [5.74, 6) is -0.970. The van der Waals surface area contributed by atoms with Gasteiger partial charge in [-0.25, -0.2) is 15.0 Å². The zero-order valence-electron chi connectivity index (χ0n) is 20.2. The number of carbonyl (C=O) groups is 3. The number of nitrogens with one attached hydrogen (secondary N) is 1. The van der Waals surface area contributed by atoms with Crippen molar-refractivity contribution in [3.05, 3.63) is 60.4 Å². The number of pyridine rings is 2. The lowest BCUT2D eigenvalue weighted by molar-refractivity contribution is -0.128. The quantitative estimate of drug-likeness (QED) is 0.306. The van der Waals surface area contributed by atoms with E-state index in [1.165, 1.54) is 36.8 Å². The Morgan fingerprint density at radius 1 is 1.08 bits per heavy atom. The fraction of sp³-hybridized carbons (Fsp3) is 0.240. The van der Waals surface area contributed by atoms with Gasteiger partial charge in [-0.2, -0.15) is 0 Å². The number of methoxy groups -OCH3 is 1. The number of nitrogens with zero attached hydrogens (tertiary/aromatic N) is 6. The first-order valence-electron chi connectivity index (χ1n) is 11.6. The van der Waals surface area contributed by atoms with E-state index in [1.54, 1.807) is 29.3 Å². The van der Waals surface area contributed by atoms with Crippen LogP contribution < -0.4 is 10.5 Å². The summed E-state index contributed by atoms with van der Waals surface area (Å²) in [7, 11) is 1.46. The minimum absolute atomic E-state index is 0.156. The number of hydrogen-bond acceptors (Lipinski definition) is 9. The van der Waals surface area contributed by atoms with Gasteiger partial charge < -0.3 is 25.3 Å². The average Bonchev–Trinajstić information content (AvgIpc) is 3.38. The maximum absolute atomic E-state index is 13.4. The van der Waals surface area contributed by atoms with Crippen molar-refractivity contribution in [3.63, 3.8) is 0 Å². The van der Waals surface area contributed by atoms with Gasteiger partial charge in [-0.15, -0.1) is 0 Å². The number of amides is 2. The molecule has 37 heavy (non-hydrogen) atoms. The van der Waals surface area contributed by atoms with E-state index in [4.69, 9.17) is 10.5 Å². The van der Waals surface area contributed by atoms with E-state index in [9.17, 15) is 14.4 Å². The first-order chi connectivity index (χ1) is 17.9. The van der Waals surface area contributed by atoms with Gasteiger partial charge >= 0.3 is 0 Å². The van der Waals surface area contributed by atoms with Crippen LogP contribution in [0.1, 0.15) is 27.8 Å². The molecular formula is C25H24N8O4. The van der Waals surface area contributed by atoms with E-state index >= 15 is 0 Å². The molecule has 188 valence electrons. The molecule has 1 aliphatic rings. The van der Waals surface area contributed by atoms with Crippen LogP contribution in [-0.2, 0) is 4.79 Å². The second kappa shape index (κ2) is 9.64. The highest BCUT2D eigenvalue weighted by molar-refractivity contribution is 6.45. The molecule has 1 saturated heterocycles. The monoisotopic (exact) mass is 500 g/mol. The highest BCUT2D eigenvalue weighted by atomic mass is 16.5. The first kappa shape index (κ1) is 23.9. The van der Waals surface area contributed by atoms with Gasteiger partial charge in [0.15, 0.2) is 0 Å². The number of Topliss-reactive ketones (excluding diaryl/α,β-unsaturated/α-hetero) is 1. The third-order valence-electron chi connectivity index (χ3n) is 6.31. The average molecular weight is 501 g/mol. The Morgan fingerprint density at radius 3 is 2.59 bits per heavy atom. The Labute approximate surface area is 211 Å². The molecule has 3 N–H and O–H groups in total. The lowest BCUT2D eigenvalue weighted by Crippen LogP contribution is -2.56. The Hall–Kier alpha value is -4.87. The molecule has 4 aromatic heterocycles. The molecular weight excluding hydrogens is 476 g/mol. The first-order valence-corrected chi connectivity index (χ1v) is 11.6. The topological polar surface area (TPSA) is 160 Å². The number of fused-ring (bicyclic) bond motifs is 1. The molecule has 1 unspecified atom stereocenters. The number of aromatic nitrogens is 5. The highest BCUT2D eigenvalue weighted by Crippen LogP contribution is 2.34. The smallest absolute Gasteiger partial charge is 0.295 e. The number of ether oxygens (including phenoxy) is 1. The Balaban J connectivity index is 1.40. The number of nitrogens with two attached hydrogens (primary N) is 1. The number of aromatic amines is 1. The summed E-state index contributed by atoms with van der Waals surface area (Å²) >= 11 is 0. The lowest BCUT2D eigenvalue weighted by atomic mass is 10.1. The molecule has 12 heteroatoms. The van der Waals surface area contributed by atoms with Crippen LogP contribution in [0.3, 0.4) is 0 Å². The highest BCUT2D eigenvalue weighted by Gasteiger charge is 2.34. The zero-order valence-corrected chi connectivity index (χ0v) is 20.2. The molecule has 0 saturated carbocycles. The Bertz CT molecular complexity index is 1490. The second-order valence-corrected chi connectivity index (χ2v) is 8.60. The van der Waals surface area contributed by atoms with Gasteiger partial charge in [0.05, 0.1) is 42.2 Å². The molecule has 5 rings (SSSR count). The van der Waals surface area contributed by atoms with E-state index in [-0.39, 0.29) is 43.0 Å². The molecule has 0 radical (unpaired) electrons. The van der Waals surface area contributed by atoms with Crippen molar-refractivity contribution in [3.8, 4) is 17.1 Å². The summed E-state index contributed by atoms with van der Waals surface area (Å²) in [5, 5.41) is 0.418. The summed E-state index contributed by atoms with van der Waals surface area (Å²) in [6.07, 6.45) is 7.38. The number of anilines is 1. The lowest BCUT2D eigenvalue weighted by Gasteiger charge is -2.39. The molecule has 0 aromatic carbocycles. The third kappa shape index (κ3) is 4.33. The molecule has 12 nitrogen and oxygen atoms in total. The summed E-state index contributed by atoms with van der Waals surface area (Å²) in [4.78, 5) is 62.5. The fourth-order valence-corrected chi connectivity index (χ4v) is 4.45. The fourth-order valence-electron chi connectivity index (χ4n) is 4.45. The standard InChI is InChI=1S/C25H24N8O4/c1-14-13-32(7-8-33(14)24(35)16-5-3-4-6-27-16)25(36)23(34)15-9-30-22-20(15)18(37-2)11-31-21(22)17-10-29-19(26)12-28-17/h3-6,9-12,14,30H,7-8,13H2,1-2H3,(H2,26,29). The molecule has 0 spiro atoms. The van der Waals surface area contributed by atoms with Crippen molar-refractivity contribution >= 4 is 34.3 Å². The van der Waals surface area contributed by atoms with Gasteiger partial charge in [0.1, 0.15) is 28.6 Å². The van der Waals surface area contributed by atoms with Crippen molar-refractivity contribution in [2.45, 2.75) is 13.0 Å². The van der Waals surface area contributed by atoms with E-state index in [0.717, 1.165) is 0 Å². The summed E-state index contributed by atoms with van der Waals surface area (Å²) in [5.41, 5.74) is 7.49. The van der Waals surface area contributed by atoms with E-state index < -0.39 is 11.7 Å². The predicted octanol–water partition coefficient (Wildman–Crippen LogP) is 1.56. The molecule has 4 aromatic rings. The maximum atomic E-state index is 13.4. The minimum atomic E-state index is -0.693. The molecule has 1 atom stereocenters. The summed E-state index contributed by atoms with van der Waals surface area (Å²) in [6, 6.07) is 4.85. The van der Waals surface area contributed by atoms with Crippen LogP contribution in [0.4, 0.5) is 5.82 Å². The Morgan fingerprint density at radius 2 is 1.92 bits per heavy atom. The molecule has 0 aliphatic carbocycles. The molecule has 0 bridgehead atoms. The number of hydrogen-bond donors (Lipinski definition) is 2. The van der Waals surface area contributed by atoms with Crippen LogP contribution in [0.15, 0.2) is 49.2 Å². The number of nitrogen functional groups attached to an aromatic ring is 1. The van der Waals surface area contributed by atoms with Gasteiger partial charge in [-0.3, -0.25) is 19.4 Å². The van der Waals surface area contributed by atoms with Crippen molar-refractivity contribution in [1.29, 1.82) is 0 Å². The maximum Gasteiger partial charge on any atom is 0.295 e. The molecule has 1 fully saturated rings. The van der Waals surface area contributed by atoms with Crippen LogP contribution in [0.25, 0.3) is 22.3 Å². The number of rotatable bonds is 5. The second-order valence-electron chi connectivity index (χ2n) is 8.60. The van der Waals surface area contributed by atoms with Crippen molar-refractivity contribution < 1.29 is 19.1 Å². The largest absolute Gasteiger partial charge is 0.494 e. The van der Waals surface area contributed by atoms with Gasteiger partial charge in [0.2, 0.25) is 0 Å². The number of ketones is 1. The van der Waals surface area contributed by atoms with Crippen molar-refractivity contribution in [2.24, 2.45) is 0 Å². The SMILES string of the molecule is COc1cnc(-c2cnc(N)cn2)c2[nH]cc(C(=O)C(=O)N3CCN(C(=O)c4ccccn4)C(C)C3)c12. The number of H-pyrrole nitrogens is 1. The van der Waals surface area contributed by atoms with E-state index in [1.807, 2.05) is 6.92 Å². The minimum Gasteiger partial charge on any atom is -0.494 e. The summed E-state index contributed by atoms with van der Waals surface area (Å²) in [6.45, 7) is 2.57. The van der Waals surface area contributed by atoms with Crippen LogP contribution in [0.5, 0.6) is 5.75 Å². The van der Waals surface area contributed by atoms with E-state index in [0.29, 0.717) is 33.7 Å². The number of piperazine rings is 1. The summed E-state index contributed by atoms with van der Waals surface area (Å²) < 4.78 is 5.45. The van der Waals surface area contributed by atoms with Crippen LogP contribution in [0.2, 0.25) is 0 Å². The van der Waals surface area contributed by atoms with E-state index in [2.05, 4.69) is 24.9 Å². The normalized spacial score (nSPS) is 15.6. The van der Waals surface area contributed by atoms with Gasteiger partial charge in [-0.1, -0.05) is 6.07 Å².